The number of anilines is 1. The largest absolute Gasteiger partial charge is 0.321 e. The summed E-state index contributed by atoms with van der Waals surface area (Å²) in [6.07, 6.45) is 3.39. The number of aromatic nitrogens is 2. The summed E-state index contributed by atoms with van der Waals surface area (Å²) in [5.74, 6) is -0.616. The van der Waals surface area contributed by atoms with Gasteiger partial charge in [0.2, 0.25) is 0 Å². The topological polar surface area (TPSA) is 46.9 Å². The summed E-state index contributed by atoms with van der Waals surface area (Å²) in [6, 6.07) is 13.3. The molecule has 0 saturated heterocycles. The number of nitrogens with zero attached hydrogens (tertiary/aromatic N) is 2. The lowest BCUT2D eigenvalue weighted by Crippen LogP contribution is -2.16. The van der Waals surface area contributed by atoms with Crippen LogP contribution in [0.25, 0.3) is 5.69 Å². The van der Waals surface area contributed by atoms with Gasteiger partial charge in [-0.1, -0.05) is 33.8 Å². The molecule has 0 aliphatic rings. The molecule has 7 heteroatoms. The molecule has 0 bridgehead atoms. The number of nitrogens with one attached hydrogen (secondary N) is 1. The van der Waals surface area contributed by atoms with Crippen molar-refractivity contribution in [2.75, 3.05) is 11.6 Å². The minimum Gasteiger partial charge on any atom is -0.321 e. The summed E-state index contributed by atoms with van der Waals surface area (Å²) >= 11 is 4.79. The molecule has 0 atom stereocenters. The van der Waals surface area contributed by atoms with Gasteiger partial charge in [-0.2, -0.15) is 0 Å². The second kappa shape index (κ2) is 7.19. The maximum Gasteiger partial charge on any atom is 0.274 e. The number of benzene rings is 2. The molecule has 1 amide bonds. The van der Waals surface area contributed by atoms with Crippen molar-refractivity contribution in [1.82, 2.24) is 9.55 Å². The highest BCUT2D eigenvalue weighted by molar-refractivity contribution is 9.10. The molecule has 3 rings (SSSR count). The van der Waals surface area contributed by atoms with Gasteiger partial charge in [0.15, 0.2) is 5.16 Å². The van der Waals surface area contributed by atoms with Gasteiger partial charge in [-0.25, -0.2) is 9.37 Å². The van der Waals surface area contributed by atoms with Gasteiger partial charge in [0, 0.05) is 15.8 Å². The van der Waals surface area contributed by atoms with Gasteiger partial charge in [-0.15, -0.1) is 0 Å². The maximum absolute atomic E-state index is 13.2. The Labute approximate surface area is 151 Å². The average Bonchev–Trinajstić information content (AvgIpc) is 2.99. The van der Waals surface area contributed by atoms with Crippen LogP contribution < -0.4 is 5.32 Å². The fraction of sp³-hybridized carbons (Fsp3) is 0.0588. The van der Waals surface area contributed by atoms with Crippen molar-refractivity contribution in [1.29, 1.82) is 0 Å². The van der Waals surface area contributed by atoms with Crippen molar-refractivity contribution in [3.05, 3.63) is 70.7 Å². The van der Waals surface area contributed by atoms with Crippen LogP contribution in [-0.4, -0.2) is 21.7 Å². The molecule has 0 saturated carbocycles. The monoisotopic (exact) mass is 405 g/mol. The van der Waals surface area contributed by atoms with Crippen molar-refractivity contribution < 1.29 is 9.18 Å². The second-order valence-electron chi connectivity index (χ2n) is 4.91. The lowest BCUT2D eigenvalue weighted by molar-refractivity contribution is 0.102. The van der Waals surface area contributed by atoms with E-state index in [9.17, 15) is 9.18 Å². The lowest BCUT2D eigenvalue weighted by Gasteiger charge is -2.11. The molecule has 0 aliphatic heterocycles. The predicted molar refractivity (Wildman–Crippen MR) is 97.4 cm³/mol. The van der Waals surface area contributed by atoms with Crippen LogP contribution in [0.2, 0.25) is 0 Å². The van der Waals surface area contributed by atoms with Crippen LogP contribution in [-0.2, 0) is 0 Å². The maximum atomic E-state index is 13.2. The zero-order chi connectivity index (χ0) is 17.1. The van der Waals surface area contributed by atoms with Crippen LogP contribution >= 0.6 is 27.7 Å². The molecule has 122 valence electrons. The molecule has 0 radical (unpaired) electrons. The first kappa shape index (κ1) is 16.7. The standard InChI is InChI=1S/C17H13BrFN3OS/c1-24-17-20-10-15(22(17)14-7-5-12(19)6-8-14)16(23)21-13-4-2-3-11(18)9-13/h2-10H,1H3,(H,21,23). The Morgan fingerprint density at radius 3 is 2.67 bits per heavy atom. The Morgan fingerprint density at radius 2 is 2.00 bits per heavy atom. The molecule has 0 aliphatic carbocycles. The van der Waals surface area contributed by atoms with Gasteiger partial charge >= 0.3 is 0 Å². The highest BCUT2D eigenvalue weighted by Gasteiger charge is 2.18. The van der Waals surface area contributed by atoms with Crippen molar-refractivity contribution >= 4 is 39.3 Å². The quantitative estimate of drug-likeness (QED) is 0.637. The van der Waals surface area contributed by atoms with Gasteiger partial charge in [0.25, 0.3) is 5.91 Å². The molecule has 1 N–H and O–H groups in total. The Hall–Kier alpha value is -2.12. The zero-order valence-corrected chi connectivity index (χ0v) is 15.1. The number of thioether (sulfide) groups is 1. The summed E-state index contributed by atoms with van der Waals surface area (Å²) in [4.78, 5) is 16.9. The molecule has 0 fully saturated rings. The van der Waals surface area contributed by atoms with Crippen LogP contribution in [0.1, 0.15) is 10.5 Å². The highest BCUT2D eigenvalue weighted by Crippen LogP contribution is 2.23. The minimum absolute atomic E-state index is 0.287. The van der Waals surface area contributed by atoms with Crippen LogP contribution in [0.5, 0.6) is 0 Å². The molecular formula is C17H13BrFN3OS. The van der Waals surface area contributed by atoms with E-state index in [1.807, 2.05) is 24.5 Å². The summed E-state index contributed by atoms with van der Waals surface area (Å²) in [7, 11) is 0. The van der Waals surface area contributed by atoms with Gasteiger partial charge in [0.1, 0.15) is 11.5 Å². The van der Waals surface area contributed by atoms with Crippen molar-refractivity contribution in [3.8, 4) is 5.69 Å². The van der Waals surface area contributed by atoms with Crippen molar-refractivity contribution in [2.45, 2.75) is 5.16 Å². The average molecular weight is 406 g/mol. The number of rotatable bonds is 4. The van der Waals surface area contributed by atoms with Gasteiger partial charge in [-0.3, -0.25) is 9.36 Å². The summed E-state index contributed by atoms with van der Waals surface area (Å²) in [5, 5.41) is 3.50. The minimum atomic E-state index is -0.329. The molecular weight excluding hydrogens is 393 g/mol. The Kier molecular flexibility index (Phi) is 5.01. The van der Waals surface area contributed by atoms with E-state index >= 15 is 0 Å². The Balaban J connectivity index is 1.97. The molecule has 1 aromatic heterocycles. The van der Waals surface area contributed by atoms with E-state index in [-0.39, 0.29) is 11.7 Å². The van der Waals surface area contributed by atoms with E-state index in [0.717, 1.165) is 4.47 Å². The third-order valence-electron chi connectivity index (χ3n) is 3.31. The summed E-state index contributed by atoms with van der Waals surface area (Å²) in [5.41, 5.74) is 1.73. The Morgan fingerprint density at radius 1 is 1.25 bits per heavy atom. The highest BCUT2D eigenvalue weighted by atomic mass is 79.9. The van der Waals surface area contributed by atoms with E-state index in [0.29, 0.717) is 22.2 Å². The molecule has 1 heterocycles. The Bertz CT molecular complexity index is 880. The first-order chi connectivity index (χ1) is 11.6. The number of carbonyl (C=O) groups is 1. The van der Waals surface area contributed by atoms with Crippen LogP contribution in [0.15, 0.2) is 64.4 Å². The number of hydrogen-bond acceptors (Lipinski definition) is 3. The molecule has 3 aromatic rings. The normalized spacial score (nSPS) is 10.6. The van der Waals surface area contributed by atoms with E-state index in [1.165, 1.54) is 30.1 Å². The first-order valence-corrected chi connectivity index (χ1v) is 9.05. The fourth-order valence-corrected chi connectivity index (χ4v) is 3.18. The van der Waals surface area contributed by atoms with Gasteiger partial charge in [0.05, 0.1) is 6.20 Å². The summed E-state index contributed by atoms with van der Waals surface area (Å²) in [6.45, 7) is 0. The number of halogens is 2. The van der Waals surface area contributed by atoms with E-state index in [2.05, 4.69) is 26.2 Å². The zero-order valence-electron chi connectivity index (χ0n) is 12.7. The van der Waals surface area contributed by atoms with Crippen molar-refractivity contribution in [2.24, 2.45) is 0 Å². The molecule has 0 unspecified atom stereocenters. The van der Waals surface area contributed by atoms with Crippen LogP contribution in [0.4, 0.5) is 10.1 Å². The number of carbonyl (C=O) groups excluding carboxylic acids is 1. The van der Waals surface area contributed by atoms with Gasteiger partial charge < -0.3 is 5.32 Å². The molecule has 24 heavy (non-hydrogen) atoms. The van der Waals surface area contributed by atoms with E-state index < -0.39 is 0 Å². The SMILES string of the molecule is CSc1ncc(C(=O)Nc2cccc(Br)c2)n1-c1ccc(F)cc1. The number of hydrogen-bond donors (Lipinski definition) is 1. The van der Waals surface area contributed by atoms with Crippen LogP contribution in [0, 0.1) is 5.82 Å². The predicted octanol–water partition coefficient (Wildman–Crippen LogP) is 4.75. The number of imidazole rings is 1. The second-order valence-corrected chi connectivity index (χ2v) is 6.60. The van der Waals surface area contributed by atoms with Gasteiger partial charge in [-0.05, 0) is 48.7 Å². The third kappa shape index (κ3) is 3.52. The van der Waals surface area contributed by atoms with E-state index in [1.54, 1.807) is 22.8 Å². The smallest absolute Gasteiger partial charge is 0.274 e. The number of amides is 1. The molecule has 0 spiro atoms. The van der Waals surface area contributed by atoms with Crippen LogP contribution in [0.3, 0.4) is 0 Å². The van der Waals surface area contributed by atoms with E-state index in [4.69, 9.17) is 0 Å². The van der Waals surface area contributed by atoms with Crippen molar-refractivity contribution in [3.63, 3.8) is 0 Å². The fourth-order valence-electron chi connectivity index (χ4n) is 2.24. The molecule has 4 nitrogen and oxygen atoms in total. The molecule has 2 aromatic carbocycles. The third-order valence-corrected chi connectivity index (χ3v) is 4.46. The first-order valence-electron chi connectivity index (χ1n) is 7.03. The lowest BCUT2D eigenvalue weighted by atomic mass is 10.3. The summed E-state index contributed by atoms with van der Waals surface area (Å²) < 4.78 is 15.8.